The third-order valence-electron chi connectivity index (χ3n) is 5.77. The second-order valence-corrected chi connectivity index (χ2v) is 8.97. The largest absolute Gasteiger partial charge is 0.379 e. The van der Waals surface area contributed by atoms with Crippen LogP contribution in [0.3, 0.4) is 0 Å². The standard InChI is InChI=1S/C18H24ClN5OS/c19-18-22-15(14-17(23-18)26-16(21-14)11-1-2-11)20-12-3-5-13(6-4-12)24-7-9-25-10-8-24/h11-13H,1-10H2,(H,20,22,23)/t12-,13-. The van der Waals surface area contributed by atoms with Crippen molar-refractivity contribution in [3.05, 3.63) is 10.3 Å². The molecule has 1 N–H and O–H groups in total. The number of ether oxygens (including phenoxy) is 1. The minimum Gasteiger partial charge on any atom is -0.379 e. The quantitative estimate of drug-likeness (QED) is 0.799. The number of halogens is 1. The molecule has 6 nitrogen and oxygen atoms in total. The summed E-state index contributed by atoms with van der Waals surface area (Å²) in [5, 5.41) is 5.13. The lowest BCUT2D eigenvalue weighted by Gasteiger charge is -2.39. The minimum atomic E-state index is 0.313. The van der Waals surface area contributed by atoms with E-state index in [-0.39, 0.29) is 0 Å². The number of aromatic nitrogens is 3. The first-order valence-corrected chi connectivity index (χ1v) is 10.9. The van der Waals surface area contributed by atoms with Crippen LogP contribution >= 0.6 is 22.9 Å². The van der Waals surface area contributed by atoms with Gasteiger partial charge >= 0.3 is 0 Å². The van der Waals surface area contributed by atoms with Crippen LogP contribution in [0, 0.1) is 0 Å². The molecule has 1 aliphatic heterocycles. The highest BCUT2D eigenvalue weighted by atomic mass is 35.5. The highest BCUT2D eigenvalue weighted by molar-refractivity contribution is 7.18. The first-order valence-electron chi connectivity index (χ1n) is 9.68. The lowest BCUT2D eigenvalue weighted by molar-refractivity contribution is 0.00791. The molecule has 26 heavy (non-hydrogen) atoms. The number of fused-ring (bicyclic) bond motifs is 1. The maximum Gasteiger partial charge on any atom is 0.225 e. The van der Waals surface area contributed by atoms with Gasteiger partial charge in [0.15, 0.2) is 10.6 Å². The summed E-state index contributed by atoms with van der Waals surface area (Å²) in [5.41, 5.74) is 0.900. The number of nitrogens with one attached hydrogen (secondary N) is 1. The zero-order chi connectivity index (χ0) is 17.5. The topological polar surface area (TPSA) is 63.2 Å². The Bertz CT molecular complexity index is 781. The summed E-state index contributed by atoms with van der Waals surface area (Å²) in [6.07, 6.45) is 7.26. The van der Waals surface area contributed by atoms with E-state index in [0.29, 0.717) is 23.3 Å². The van der Waals surface area contributed by atoms with Crippen LogP contribution in [0.1, 0.15) is 49.5 Å². The Morgan fingerprint density at radius 3 is 2.50 bits per heavy atom. The molecule has 140 valence electrons. The van der Waals surface area contributed by atoms with E-state index in [2.05, 4.69) is 20.2 Å². The third-order valence-corrected chi connectivity index (χ3v) is 7.05. The Labute approximate surface area is 162 Å². The van der Waals surface area contributed by atoms with Crippen LogP contribution in [0.2, 0.25) is 5.28 Å². The molecular weight excluding hydrogens is 370 g/mol. The summed E-state index contributed by atoms with van der Waals surface area (Å²) in [7, 11) is 0. The van der Waals surface area contributed by atoms with Crippen LogP contribution in [-0.2, 0) is 4.74 Å². The zero-order valence-electron chi connectivity index (χ0n) is 14.8. The number of hydrogen-bond acceptors (Lipinski definition) is 7. The van der Waals surface area contributed by atoms with Gasteiger partial charge in [-0.3, -0.25) is 4.90 Å². The number of thiazole rings is 1. The van der Waals surface area contributed by atoms with Gasteiger partial charge in [-0.25, -0.2) is 9.97 Å². The van der Waals surface area contributed by atoms with Crippen LogP contribution in [0.5, 0.6) is 0 Å². The molecule has 1 saturated heterocycles. The number of nitrogens with zero attached hydrogens (tertiary/aromatic N) is 4. The molecule has 8 heteroatoms. The Hall–Kier alpha value is -1.02. The Morgan fingerprint density at radius 1 is 1.00 bits per heavy atom. The highest BCUT2D eigenvalue weighted by Crippen LogP contribution is 2.44. The number of hydrogen-bond donors (Lipinski definition) is 1. The molecule has 0 amide bonds. The number of morpholine rings is 1. The summed E-state index contributed by atoms with van der Waals surface area (Å²) in [6.45, 7) is 3.91. The van der Waals surface area contributed by atoms with Gasteiger partial charge in [-0.15, -0.1) is 0 Å². The molecule has 0 spiro atoms. The first kappa shape index (κ1) is 17.1. The molecule has 3 heterocycles. The number of anilines is 1. The monoisotopic (exact) mass is 393 g/mol. The Morgan fingerprint density at radius 2 is 1.77 bits per heavy atom. The smallest absolute Gasteiger partial charge is 0.225 e. The molecule has 2 aromatic heterocycles. The van der Waals surface area contributed by atoms with Crippen molar-refractivity contribution in [2.45, 2.75) is 56.5 Å². The van der Waals surface area contributed by atoms with E-state index in [1.807, 2.05) is 0 Å². The van der Waals surface area contributed by atoms with Crippen molar-refractivity contribution < 1.29 is 4.74 Å². The van der Waals surface area contributed by atoms with E-state index in [1.54, 1.807) is 11.3 Å². The molecule has 0 bridgehead atoms. The average molecular weight is 394 g/mol. The zero-order valence-corrected chi connectivity index (χ0v) is 16.4. The van der Waals surface area contributed by atoms with E-state index in [9.17, 15) is 0 Å². The van der Waals surface area contributed by atoms with Crippen molar-refractivity contribution in [1.82, 2.24) is 19.9 Å². The molecule has 2 aliphatic carbocycles. The van der Waals surface area contributed by atoms with Gasteiger partial charge in [0.05, 0.1) is 18.2 Å². The first-order chi connectivity index (χ1) is 12.8. The van der Waals surface area contributed by atoms with E-state index < -0.39 is 0 Å². The molecular formula is C18H24ClN5OS. The summed E-state index contributed by atoms with van der Waals surface area (Å²) in [4.78, 5) is 17.2. The predicted octanol–water partition coefficient (Wildman–Crippen LogP) is 3.67. The SMILES string of the molecule is Clc1nc(N[C@H]2CC[C@H](N3CCOCC3)CC2)c2nc(C3CC3)sc2n1. The van der Waals surface area contributed by atoms with Crippen molar-refractivity contribution in [1.29, 1.82) is 0 Å². The second-order valence-electron chi connectivity index (χ2n) is 7.62. The van der Waals surface area contributed by atoms with E-state index >= 15 is 0 Å². The maximum absolute atomic E-state index is 6.17. The van der Waals surface area contributed by atoms with Gasteiger partial charge in [0.25, 0.3) is 0 Å². The van der Waals surface area contributed by atoms with E-state index in [4.69, 9.17) is 21.3 Å². The van der Waals surface area contributed by atoms with Crippen molar-refractivity contribution >= 4 is 39.1 Å². The van der Waals surface area contributed by atoms with Gasteiger partial charge in [-0.1, -0.05) is 11.3 Å². The average Bonchev–Trinajstić information content (AvgIpc) is 3.43. The Kier molecular flexibility index (Phi) is 4.73. The molecule has 0 aromatic carbocycles. The molecule has 5 rings (SSSR count). The van der Waals surface area contributed by atoms with Crippen molar-refractivity contribution in [2.75, 3.05) is 31.6 Å². The molecule has 0 unspecified atom stereocenters. The van der Waals surface area contributed by atoms with E-state index in [1.165, 1.54) is 30.7 Å². The fourth-order valence-corrected chi connectivity index (χ4v) is 5.47. The van der Waals surface area contributed by atoms with E-state index in [0.717, 1.165) is 55.3 Å². The molecule has 3 aliphatic rings. The fourth-order valence-electron chi connectivity index (χ4n) is 4.14. The van der Waals surface area contributed by atoms with Crippen LogP contribution in [0.25, 0.3) is 10.3 Å². The summed E-state index contributed by atoms with van der Waals surface area (Å²) < 4.78 is 5.48. The number of rotatable bonds is 4. The predicted molar refractivity (Wildman–Crippen MR) is 104 cm³/mol. The summed E-state index contributed by atoms with van der Waals surface area (Å²) in [5.74, 6) is 1.45. The van der Waals surface area contributed by atoms with Crippen molar-refractivity contribution in [2.24, 2.45) is 0 Å². The lowest BCUT2D eigenvalue weighted by Crippen LogP contribution is -2.46. The normalized spacial score (nSPS) is 27.7. The summed E-state index contributed by atoms with van der Waals surface area (Å²) >= 11 is 7.84. The van der Waals surface area contributed by atoms with Gasteiger partial charge < -0.3 is 10.1 Å². The van der Waals surface area contributed by atoms with Gasteiger partial charge in [0.1, 0.15) is 5.52 Å². The van der Waals surface area contributed by atoms with Crippen molar-refractivity contribution in [3.63, 3.8) is 0 Å². The minimum absolute atomic E-state index is 0.313. The van der Waals surface area contributed by atoms with Gasteiger partial charge in [-0.05, 0) is 50.1 Å². The van der Waals surface area contributed by atoms with Gasteiger partial charge in [-0.2, -0.15) is 4.98 Å². The van der Waals surface area contributed by atoms with Gasteiger partial charge in [0.2, 0.25) is 5.28 Å². The second kappa shape index (κ2) is 7.19. The van der Waals surface area contributed by atoms with Crippen LogP contribution < -0.4 is 5.32 Å². The molecule has 0 radical (unpaired) electrons. The van der Waals surface area contributed by atoms with Crippen LogP contribution in [-0.4, -0.2) is 58.2 Å². The maximum atomic E-state index is 6.17. The lowest BCUT2D eigenvalue weighted by atomic mass is 9.90. The third kappa shape index (κ3) is 3.54. The highest BCUT2D eigenvalue weighted by Gasteiger charge is 2.30. The van der Waals surface area contributed by atoms with Crippen LogP contribution in [0.15, 0.2) is 0 Å². The molecule has 3 fully saturated rings. The molecule has 2 aromatic rings. The summed E-state index contributed by atoms with van der Waals surface area (Å²) in [6, 6.07) is 1.14. The Balaban J connectivity index is 1.27. The van der Waals surface area contributed by atoms with Crippen molar-refractivity contribution in [3.8, 4) is 0 Å². The fraction of sp³-hybridized carbons (Fsp3) is 0.722. The molecule has 0 atom stereocenters. The van der Waals surface area contributed by atoms with Crippen LogP contribution in [0.4, 0.5) is 5.82 Å². The van der Waals surface area contributed by atoms with Gasteiger partial charge in [0, 0.05) is 31.1 Å². The molecule has 2 saturated carbocycles.